The third kappa shape index (κ3) is 4.35. The maximum atomic E-state index is 13.6. The summed E-state index contributed by atoms with van der Waals surface area (Å²) < 4.78 is 18.6. The summed E-state index contributed by atoms with van der Waals surface area (Å²) in [5.41, 5.74) is 8.91. The van der Waals surface area contributed by atoms with Gasteiger partial charge in [0.15, 0.2) is 0 Å². The van der Waals surface area contributed by atoms with E-state index in [2.05, 4.69) is 10.2 Å². The van der Waals surface area contributed by atoms with Crippen LogP contribution in [0.1, 0.15) is 66.1 Å². The number of hydrogen-bond acceptors (Lipinski definition) is 6. The average Bonchev–Trinajstić information content (AvgIpc) is 3.44. The Labute approximate surface area is 195 Å². The molecule has 3 N–H and O–H groups in total. The van der Waals surface area contributed by atoms with Crippen LogP contribution in [0.15, 0.2) is 24.3 Å². The number of halogens is 1. The fraction of sp³-hybridized carbons (Fsp3) is 0.391. The summed E-state index contributed by atoms with van der Waals surface area (Å²) >= 11 is 1.20. The number of amides is 2. The molecule has 1 atom stereocenters. The number of carbonyl (C=O) groups is 2. The predicted molar refractivity (Wildman–Crippen MR) is 123 cm³/mol. The lowest BCUT2D eigenvalue weighted by Crippen LogP contribution is -2.38. The van der Waals surface area contributed by atoms with Crippen LogP contribution < -0.4 is 5.73 Å². The molecule has 3 heterocycles. The van der Waals surface area contributed by atoms with Crippen molar-refractivity contribution >= 4 is 23.3 Å². The molecule has 1 saturated heterocycles. The van der Waals surface area contributed by atoms with Crippen molar-refractivity contribution in [3.05, 3.63) is 46.3 Å². The maximum Gasteiger partial charge on any atom is 0.410 e. The number of benzene rings is 1. The van der Waals surface area contributed by atoms with Gasteiger partial charge in [-0.05, 0) is 49.4 Å². The van der Waals surface area contributed by atoms with Crippen LogP contribution in [0, 0.1) is 5.82 Å². The van der Waals surface area contributed by atoms with E-state index in [0.29, 0.717) is 44.6 Å². The lowest BCUT2D eigenvalue weighted by Gasteiger charge is -2.34. The van der Waals surface area contributed by atoms with E-state index in [1.54, 1.807) is 17.0 Å². The number of carbonyl (C=O) groups excluding carboxylic acids is 2. The number of nitrogens with zero attached hydrogens (tertiary/aromatic N) is 3. The van der Waals surface area contributed by atoms with Gasteiger partial charge in [-0.15, -0.1) is 11.3 Å². The van der Waals surface area contributed by atoms with E-state index < -0.39 is 12.0 Å². The number of methoxy groups -OCH3 is 1. The second-order valence-corrected chi connectivity index (χ2v) is 9.29. The third-order valence-corrected chi connectivity index (χ3v) is 6.90. The van der Waals surface area contributed by atoms with Gasteiger partial charge < -0.3 is 10.5 Å². The highest BCUT2D eigenvalue weighted by Gasteiger charge is 2.34. The monoisotopic (exact) mass is 471 g/mol. The van der Waals surface area contributed by atoms with E-state index in [1.807, 2.05) is 13.8 Å². The molecule has 8 nitrogen and oxygen atoms in total. The van der Waals surface area contributed by atoms with Crippen molar-refractivity contribution in [2.75, 3.05) is 13.7 Å². The number of rotatable bonds is 5. The fourth-order valence-corrected chi connectivity index (χ4v) is 5.34. The molecule has 1 unspecified atom stereocenters. The van der Waals surface area contributed by atoms with Gasteiger partial charge in [-0.2, -0.15) is 5.10 Å². The minimum atomic E-state index is -0.537. The number of nitrogens with two attached hydrogens (primary N) is 1. The Hall–Kier alpha value is -3.27. The second kappa shape index (κ2) is 9.30. The topological polar surface area (TPSA) is 114 Å². The number of thiazole rings is 1. The minimum Gasteiger partial charge on any atom is -0.453 e. The van der Waals surface area contributed by atoms with Crippen molar-refractivity contribution in [1.82, 2.24) is 20.1 Å². The molecule has 174 valence electrons. The van der Waals surface area contributed by atoms with E-state index in [0.717, 1.165) is 19.3 Å². The summed E-state index contributed by atoms with van der Waals surface area (Å²) in [5.74, 6) is -0.902. The molecule has 4 rings (SSSR count). The Morgan fingerprint density at radius 1 is 1.27 bits per heavy atom. The highest BCUT2D eigenvalue weighted by Crippen LogP contribution is 2.43. The summed E-state index contributed by atoms with van der Waals surface area (Å²) in [5, 5.41) is 8.22. The number of likely N-dealkylation sites (tertiary alicyclic amines) is 1. The molecule has 0 radical (unpaired) electrons. The van der Waals surface area contributed by atoms with Crippen LogP contribution in [0.4, 0.5) is 9.18 Å². The van der Waals surface area contributed by atoms with Crippen molar-refractivity contribution < 1.29 is 18.7 Å². The summed E-state index contributed by atoms with van der Waals surface area (Å²) in [6.07, 6.45) is 2.12. The first-order valence-corrected chi connectivity index (χ1v) is 11.6. The summed E-state index contributed by atoms with van der Waals surface area (Å²) in [7, 11) is 1.36. The van der Waals surface area contributed by atoms with Crippen LogP contribution >= 0.6 is 11.3 Å². The first-order valence-electron chi connectivity index (χ1n) is 10.8. The molecule has 1 aliphatic heterocycles. The number of nitrogens with one attached hydrogen (secondary N) is 1. The summed E-state index contributed by atoms with van der Waals surface area (Å²) in [4.78, 5) is 31.5. The number of hydrogen-bond donors (Lipinski definition) is 2. The zero-order valence-electron chi connectivity index (χ0n) is 18.7. The van der Waals surface area contributed by atoms with Crippen molar-refractivity contribution in [2.45, 2.75) is 45.1 Å². The van der Waals surface area contributed by atoms with Gasteiger partial charge in [-0.3, -0.25) is 14.8 Å². The summed E-state index contributed by atoms with van der Waals surface area (Å²) in [6, 6.07) is 5.72. The van der Waals surface area contributed by atoms with Crippen LogP contribution in [0.5, 0.6) is 0 Å². The van der Waals surface area contributed by atoms with Crippen molar-refractivity contribution in [3.63, 3.8) is 0 Å². The van der Waals surface area contributed by atoms with Gasteiger partial charge in [-0.1, -0.05) is 13.8 Å². The lowest BCUT2D eigenvalue weighted by atomic mass is 9.95. The molecular formula is C23H26FN5O3S. The highest BCUT2D eigenvalue weighted by molar-refractivity contribution is 7.17. The average molecular weight is 472 g/mol. The second-order valence-electron chi connectivity index (χ2n) is 8.30. The van der Waals surface area contributed by atoms with Crippen LogP contribution in [0.25, 0.3) is 21.8 Å². The quantitative estimate of drug-likeness (QED) is 0.552. The van der Waals surface area contributed by atoms with Gasteiger partial charge in [-0.25, -0.2) is 14.2 Å². The van der Waals surface area contributed by atoms with Crippen molar-refractivity contribution in [2.24, 2.45) is 5.73 Å². The van der Waals surface area contributed by atoms with Gasteiger partial charge >= 0.3 is 6.09 Å². The molecule has 2 amide bonds. The number of aromatic nitrogens is 3. The minimum absolute atomic E-state index is 0.0108. The molecule has 33 heavy (non-hydrogen) atoms. The molecule has 1 fully saturated rings. The van der Waals surface area contributed by atoms with Gasteiger partial charge in [0.25, 0.3) is 5.91 Å². The standard InChI is InChI=1S/C23H26FN5O3S/c1-12(2)17-20(21(25)30)33-22(26-17)16-18(13-7-9-14(24)10-8-13)27-28-19(16)15-6-4-5-11-29(15)23(31)32-3/h7-10,12,15H,4-6,11H2,1-3H3,(H2,25,30)(H,27,28). The van der Waals surface area contributed by atoms with E-state index in [4.69, 9.17) is 15.5 Å². The number of ether oxygens (including phenoxy) is 1. The molecule has 10 heteroatoms. The number of piperidine rings is 1. The molecule has 0 spiro atoms. The first-order chi connectivity index (χ1) is 15.8. The molecule has 3 aromatic rings. The van der Waals surface area contributed by atoms with E-state index >= 15 is 0 Å². The van der Waals surface area contributed by atoms with Gasteiger partial charge in [0.1, 0.15) is 21.4 Å². The largest absolute Gasteiger partial charge is 0.453 e. The van der Waals surface area contributed by atoms with E-state index in [1.165, 1.54) is 30.6 Å². The number of primary amides is 1. The molecule has 0 bridgehead atoms. The Morgan fingerprint density at radius 3 is 2.61 bits per heavy atom. The fourth-order valence-electron chi connectivity index (χ4n) is 4.20. The zero-order valence-corrected chi connectivity index (χ0v) is 19.5. The van der Waals surface area contributed by atoms with Crippen LogP contribution in [-0.2, 0) is 4.74 Å². The lowest BCUT2D eigenvalue weighted by molar-refractivity contribution is 0.0883. The Morgan fingerprint density at radius 2 is 2.00 bits per heavy atom. The molecule has 1 aliphatic rings. The zero-order chi connectivity index (χ0) is 23.7. The third-order valence-electron chi connectivity index (χ3n) is 5.80. The predicted octanol–water partition coefficient (Wildman–Crippen LogP) is 4.86. The molecule has 2 aromatic heterocycles. The van der Waals surface area contributed by atoms with Gasteiger partial charge in [0, 0.05) is 12.1 Å². The van der Waals surface area contributed by atoms with Gasteiger partial charge in [0.05, 0.1) is 30.1 Å². The number of aromatic amines is 1. The van der Waals surface area contributed by atoms with Crippen molar-refractivity contribution in [3.8, 4) is 21.8 Å². The molecule has 0 aliphatic carbocycles. The Balaban J connectivity index is 1.92. The Kier molecular flexibility index (Phi) is 6.46. The van der Waals surface area contributed by atoms with Crippen LogP contribution in [0.3, 0.4) is 0 Å². The van der Waals surface area contributed by atoms with E-state index in [9.17, 15) is 14.0 Å². The Bertz CT molecular complexity index is 1170. The van der Waals surface area contributed by atoms with E-state index in [-0.39, 0.29) is 17.8 Å². The summed E-state index contributed by atoms with van der Waals surface area (Å²) in [6.45, 7) is 4.45. The molecular weight excluding hydrogens is 445 g/mol. The molecule has 1 aromatic carbocycles. The van der Waals surface area contributed by atoms with Crippen LogP contribution in [-0.4, -0.2) is 45.7 Å². The SMILES string of the molecule is COC(=O)N1CCCCC1c1[nH]nc(-c2ccc(F)cc2)c1-c1nc(C(C)C)c(C(N)=O)s1. The molecule has 0 saturated carbocycles. The maximum absolute atomic E-state index is 13.6. The normalized spacial score (nSPS) is 16.3. The van der Waals surface area contributed by atoms with Gasteiger partial charge in [0.2, 0.25) is 0 Å². The van der Waals surface area contributed by atoms with Crippen molar-refractivity contribution in [1.29, 1.82) is 0 Å². The number of H-pyrrole nitrogens is 1. The van der Waals surface area contributed by atoms with Crippen LogP contribution in [0.2, 0.25) is 0 Å². The highest BCUT2D eigenvalue weighted by atomic mass is 32.1. The first kappa shape index (κ1) is 22.9. The smallest absolute Gasteiger partial charge is 0.410 e.